The molecule has 3 fully saturated rings. The summed E-state index contributed by atoms with van der Waals surface area (Å²) in [4.78, 5) is 48.0. The number of nitrogens with zero attached hydrogens (tertiary/aromatic N) is 5. The summed E-state index contributed by atoms with van der Waals surface area (Å²) in [5.41, 5.74) is 12.4. The predicted octanol–water partition coefficient (Wildman–Crippen LogP) is 1.49. The molecule has 0 spiro atoms. The normalized spacial score (nSPS) is 23.3. The maximum Gasteiger partial charge on any atom is 0.354 e. The number of carbonyl (C=O) groups excluding carboxylic acids is 2. The molecule has 5 N–H and O–H groups in total. The molecule has 41 heavy (non-hydrogen) atoms. The first-order valence-electron chi connectivity index (χ1n) is 14.9. The number of carbonyl (C=O) groups is 2. The fourth-order valence-electron chi connectivity index (χ4n) is 6.52. The zero-order valence-corrected chi connectivity index (χ0v) is 24.5. The molecule has 11 heteroatoms. The van der Waals surface area contributed by atoms with E-state index < -0.39 is 11.2 Å². The number of piperidine rings is 1. The van der Waals surface area contributed by atoms with Crippen molar-refractivity contribution in [2.75, 3.05) is 51.1 Å². The standard InChI is InChI=1S/C30H44N8O3/c1-4-5-22(37-18-24-23(17-31)25(24)19-37)16-20-6-8-21(9-7-20)38-11-10-26(34-29(38)41)33-28(40)36-14-12-35(13-15-36)27(39)30(2,3)32/h6-11,22-25H,4-5,12-19,31-32H2,1-3H3,(H,33,34,40,41)/t22?,23?,24-,25+. The second-order valence-corrected chi connectivity index (χ2v) is 12.4. The lowest BCUT2D eigenvalue weighted by Crippen LogP contribution is -2.58. The van der Waals surface area contributed by atoms with Crippen molar-refractivity contribution in [3.63, 3.8) is 0 Å². The first-order valence-corrected chi connectivity index (χ1v) is 14.9. The predicted molar refractivity (Wildman–Crippen MR) is 159 cm³/mol. The van der Waals surface area contributed by atoms with E-state index in [0.29, 0.717) is 32.2 Å². The van der Waals surface area contributed by atoms with Crippen LogP contribution in [0.4, 0.5) is 10.6 Å². The van der Waals surface area contributed by atoms with Gasteiger partial charge in [-0.25, -0.2) is 9.59 Å². The third-order valence-corrected chi connectivity index (χ3v) is 8.94. The van der Waals surface area contributed by atoms with Crippen molar-refractivity contribution in [3.8, 4) is 5.69 Å². The fraction of sp³-hybridized carbons (Fsp3) is 0.600. The minimum absolute atomic E-state index is 0.138. The Kier molecular flexibility index (Phi) is 8.49. The van der Waals surface area contributed by atoms with Crippen LogP contribution in [-0.4, -0.2) is 93.6 Å². The molecule has 5 rings (SSSR count). The number of fused-ring (bicyclic) bond motifs is 1. The van der Waals surface area contributed by atoms with Crippen molar-refractivity contribution in [3.05, 3.63) is 52.6 Å². The number of nitrogens with one attached hydrogen (secondary N) is 1. The van der Waals surface area contributed by atoms with Crippen molar-refractivity contribution < 1.29 is 9.59 Å². The Morgan fingerprint density at radius 1 is 1.05 bits per heavy atom. The number of nitrogens with two attached hydrogens (primary N) is 2. The summed E-state index contributed by atoms with van der Waals surface area (Å²) in [6, 6.07) is 9.89. The first kappa shape index (κ1) is 29.2. The molecule has 1 aromatic heterocycles. The largest absolute Gasteiger partial charge is 0.354 e. The lowest BCUT2D eigenvalue weighted by atomic mass is 10.00. The highest BCUT2D eigenvalue weighted by atomic mass is 16.2. The van der Waals surface area contributed by atoms with E-state index in [1.807, 2.05) is 12.1 Å². The number of benzene rings is 1. The van der Waals surface area contributed by atoms with Gasteiger partial charge in [-0.2, -0.15) is 4.98 Å². The molecule has 0 radical (unpaired) electrons. The third-order valence-electron chi connectivity index (χ3n) is 8.94. The molecule has 0 bridgehead atoms. The molecule has 2 unspecified atom stereocenters. The zero-order valence-electron chi connectivity index (χ0n) is 24.5. The van der Waals surface area contributed by atoms with Gasteiger partial charge in [0.05, 0.1) is 11.2 Å². The van der Waals surface area contributed by atoms with E-state index in [2.05, 4.69) is 34.3 Å². The van der Waals surface area contributed by atoms with Crippen LogP contribution < -0.4 is 22.5 Å². The maximum atomic E-state index is 12.8. The maximum absolute atomic E-state index is 12.8. The number of anilines is 1. The Bertz CT molecular complexity index is 1280. The van der Waals surface area contributed by atoms with Crippen LogP contribution in [0.2, 0.25) is 0 Å². The number of amides is 3. The Labute approximate surface area is 241 Å². The van der Waals surface area contributed by atoms with Crippen LogP contribution in [-0.2, 0) is 11.2 Å². The van der Waals surface area contributed by atoms with Gasteiger partial charge in [-0.15, -0.1) is 0 Å². The van der Waals surface area contributed by atoms with E-state index >= 15 is 0 Å². The fourth-order valence-corrected chi connectivity index (χ4v) is 6.52. The highest BCUT2D eigenvalue weighted by Gasteiger charge is 2.55. The van der Waals surface area contributed by atoms with Gasteiger partial charge in [0, 0.05) is 51.5 Å². The van der Waals surface area contributed by atoms with Gasteiger partial charge < -0.3 is 21.3 Å². The van der Waals surface area contributed by atoms with Crippen molar-refractivity contribution in [2.24, 2.45) is 29.2 Å². The van der Waals surface area contributed by atoms with E-state index in [9.17, 15) is 14.4 Å². The average molecular weight is 565 g/mol. The zero-order chi connectivity index (χ0) is 29.3. The number of urea groups is 1. The molecule has 11 nitrogen and oxygen atoms in total. The molecule has 2 aliphatic heterocycles. The van der Waals surface area contributed by atoms with Crippen LogP contribution in [0.25, 0.3) is 5.69 Å². The van der Waals surface area contributed by atoms with Crippen LogP contribution >= 0.6 is 0 Å². The molecule has 1 aliphatic carbocycles. The van der Waals surface area contributed by atoms with Gasteiger partial charge in [0.25, 0.3) is 0 Å². The Balaban J connectivity index is 1.16. The number of rotatable bonds is 9. The summed E-state index contributed by atoms with van der Waals surface area (Å²) >= 11 is 0. The van der Waals surface area contributed by atoms with Gasteiger partial charge in [-0.05, 0) is 74.8 Å². The van der Waals surface area contributed by atoms with Crippen molar-refractivity contribution in [1.82, 2.24) is 24.3 Å². The summed E-state index contributed by atoms with van der Waals surface area (Å²) in [6.45, 7) is 10.3. The number of hydrogen-bond donors (Lipinski definition) is 3. The third kappa shape index (κ3) is 6.47. The quantitative estimate of drug-likeness (QED) is 0.419. The summed E-state index contributed by atoms with van der Waals surface area (Å²) in [7, 11) is 0. The lowest BCUT2D eigenvalue weighted by Gasteiger charge is -2.37. The highest BCUT2D eigenvalue weighted by molar-refractivity contribution is 5.89. The van der Waals surface area contributed by atoms with E-state index in [4.69, 9.17) is 11.5 Å². The Morgan fingerprint density at radius 2 is 1.68 bits per heavy atom. The summed E-state index contributed by atoms with van der Waals surface area (Å²) in [5, 5.41) is 2.71. The molecule has 1 aromatic carbocycles. The second kappa shape index (κ2) is 11.9. The number of aromatic nitrogens is 2. The molecular formula is C30H44N8O3. The molecule has 1 saturated carbocycles. The average Bonchev–Trinajstić information content (AvgIpc) is 3.42. The van der Waals surface area contributed by atoms with Gasteiger partial charge in [-0.3, -0.25) is 19.6 Å². The highest BCUT2D eigenvalue weighted by Crippen LogP contribution is 2.51. The molecule has 3 amide bonds. The van der Waals surface area contributed by atoms with Gasteiger partial charge in [0.1, 0.15) is 5.82 Å². The molecule has 4 atom stereocenters. The van der Waals surface area contributed by atoms with Crippen LogP contribution in [0.1, 0.15) is 39.2 Å². The first-order chi connectivity index (χ1) is 19.6. The van der Waals surface area contributed by atoms with Crippen LogP contribution in [0.15, 0.2) is 41.3 Å². The van der Waals surface area contributed by atoms with Crippen molar-refractivity contribution in [1.29, 1.82) is 0 Å². The van der Waals surface area contributed by atoms with Gasteiger partial charge in [-0.1, -0.05) is 25.5 Å². The Hall–Kier alpha value is -3.28. The number of hydrogen-bond acceptors (Lipinski definition) is 7. The minimum Gasteiger partial charge on any atom is -0.338 e. The van der Waals surface area contributed by atoms with Gasteiger partial charge >= 0.3 is 11.7 Å². The molecule has 2 saturated heterocycles. The van der Waals surface area contributed by atoms with E-state index in [0.717, 1.165) is 42.8 Å². The summed E-state index contributed by atoms with van der Waals surface area (Å²) in [5.74, 6) is 2.37. The molecule has 222 valence electrons. The minimum atomic E-state index is -0.945. The molecule has 3 heterocycles. The topological polar surface area (TPSA) is 143 Å². The molecule has 3 aliphatic rings. The summed E-state index contributed by atoms with van der Waals surface area (Å²) in [6.07, 6.45) is 4.95. The summed E-state index contributed by atoms with van der Waals surface area (Å²) < 4.78 is 1.48. The van der Waals surface area contributed by atoms with E-state index in [-0.39, 0.29) is 17.8 Å². The molecular weight excluding hydrogens is 520 g/mol. The Morgan fingerprint density at radius 3 is 2.24 bits per heavy atom. The number of piperazine rings is 1. The second-order valence-electron chi connectivity index (χ2n) is 12.4. The SMILES string of the molecule is CCCC(Cc1ccc(-n2ccc(NC(=O)N3CCN(C(=O)C(C)(C)N)CC3)nc2=O)cc1)N1C[C@@H]2C(CN)[C@@H]2C1. The van der Waals surface area contributed by atoms with Crippen molar-refractivity contribution in [2.45, 2.75) is 51.6 Å². The van der Waals surface area contributed by atoms with Gasteiger partial charge in [0.2, 0.25) is 5.91 Å². The lowest BCUT2D eigenvalue weighted by molar-refractivity contribution is -0.137. The van der Waals surface area contributed by atoms with E-state index in [1.165, 1.54) is 29.6 Å². The number of likely N-dealkylation sites (tertiary alicyclic amines) is 1. The van der Waals surface area contributed by atoms with Crippen LogP contribution in [0.3, 0.4) is 0 Å². The van der Waals surface area contributed by atoms with Crippen LogP contribution in [0.5, 0.6) is 0 Å². The van der Waals surface area contributed by atoms with E-state index in [1.54, 1.807) is 35.9 Å². The van der Waals surface area contributed by atoms with Crippen molar-refractivity contribution >= 4 is 17.8 Å². The monoisotopic (exact) mass is 564 g/mol. The van der Waals surface area contributed by atoms with Gasteiger partial charge in [0.15, 0.2) is 0 Å². The van der Waals surface area contributed by atoms with Crippen LogP contribution in [0, 0.1) is 17.8 Å². The molecule has 2 aromatic rings. The smallest absolute Gasteiger partial charge is 0.338 e.